The first-order valence-electron chi connectivity index (χ1n) is 14.9. The molecule has 234 valence electrons. The van der Waals surface area contributed by atoms with Crippen LogP contribution < -0.4 is 15.4 Å². The second-order valence-corrected chi connectivity index (χ2v) is 16.0. The number of aryl methyl sites for hydroxylation is 1. The molecule has 0 aliphatic carbocycles. The van der Waals surface area contributed by atoms with Gasteiger partial charge in [0.1, 0.15) is 24.2 Å². The smallest absolute Gasteiger partial charge is 0.251 e. The van der Waals surface area contributed by atoms with Gasteiger partial charge in [0.2, 0.25) is 5.91 Å². The molecule has 10 nitrogen and oxygen atoms in total. The van der Waals surface area contributed by atoms with E-state index < -0.39 is 14.4 Å². The van der Waals surface area contributed by atoms with Gasteiger partial charge in [0, 0.05) is 28.3 Å². The molecule has 5 rings (SSSR count). The summed E-state index contributed by atoms with van der Waals surface area (Å²) >= 11 is 6.21. The summed E-state index contributed by atoms with van der Waals surface area (Å²) < 4.78 is 8.02. The van der Waals surface area contributed by atoms with Crippen LogP contribution in [0.1, 0.15) is 58.1 Å². The largest absolute Gasteiger partial charge is 0.492 e. The van der Waals surface area contributed by atoms with Crippen molar-refractivity contribution in [3.63, 3.8) is 0 Å². The van der Waals surface area contributed by atoms with E-state index in [-0.39, 0.29) is 24.8 Å². The number of rotatable bonds is 11. The molecule has 0 saturated carbocycles. The summed E-state index contributed by atoms with van der Waals surface area (Å²) in [6, 6.07) is 20.5. The maximum absolute atomic E-state index is 12.7. The van der Waals surface area contributed by atoms with Crippen molar-refractivity contribution in [1.82, 2.24) is 25.4 Å². The van der Waals surface area contributed by atoms with E-state index in [0.29, 0.717) is 52.8 Å². The molecule has 0 radical (unpaired) electrons. The Hall–Kier alpha value is -4.32. The Labute approximate surface area is 268 Å². The summed E-state index contributed by atoms with van der Waals surface area (Å²) in [4.78, 5) is 40.6. The third-order valence-electron chi connectivity index (χ3n) is 7.28. The molecule has 1 aromatic heterocycles. The van der Waals surface area contributed by atoms with Crippen LogP contribution in [-0.4, -0.2) is 65.1 Å². The van der Waals surface area contributed by atoms with Crippen molar-refractivity contribution in [1.29, 1.82) is 0 Å². The van der Waals surface area contributed by atoms with Crippen molar-refractivity contribution >= 4 is 37.4 Å². The van der Waals surface area contributed by atoms with Crippen LogP contribution in [0.2, 0.25) is 18.1 Å². The van der Waals surface area contributed by atoms with Crippen molar-refractivity contribution in [2.45, 2.75) is 45.4 Å². The van der Waals surface area contributed by atoms with Gasteiger partial charge in [0.25, 0.3) is 5.91 Å². The molecular weight excluding hydrogens is 608 g/mol. The number of hydrogen-bond acceptors (Lipinski definition) is 7. The quantitative estimate of drug-likeness (QED) is 0.160. The highest BCUT2D eigenvalue weighted by Gasteiger charge is 2.30. The van der Waals surface area contributed by atoms with Crippen LogP contribution in [-0.2, 0) is 10.8 Å². The Bertz CT molecular complexity index is 1710. The Kier molecular flexibility index (Phi) is 9.81. The molecule has 2 amide bonds. The summed E-state index contributed by atoms with van der Waals surface area (Å²) in [7, 11) is -2.22. The number of nitrogens with zero attached hydrogens (tertiary/aromatic N) is 4. The summed E-state index contributed by atoms with van der Waals surface area (Å²) in [6.07, 6.45) is 0.115. The van der Waals surface area contributed by atoms with Gasteiger partial charge in [-0.2, -0.15) is 0 Å². The molecule has 0 fully saturated rings. The minimum atomic E-state index is -2.22. The van der Waals surface area contributed by atoms with E-state index in [1.165, 1.54) is 0 Å². The summed E-state index contributed by atoms with van der Waals surface area (Å²) in [5.74, 6) is 1.53. The van der Waals surface area contributed by atoms with Crippen LogP contribution >= 0.6 is 11.6 Å². The molecule has 45 heavy (non-hydrogen) atoms. The van der Waals surface area contributed by atoms with E-state index in [4.69, 9.17) is 21.3 Å². The molecule has 12 heteroatoms. The van der Waals surface area contributed by atoms with Gasteiger partial charge in [0.05, 0.1) is 24.4 Å². The van der Waals surface area contributed by atoms with Crippen LogP contribution in [0.15, 0.2) is 71.7 Å². The van der Waals surface area contributed by atoms with E-state index in [0.717, 1.165) is 22.4 Å². The number of halogens is 1. The van der Waals surface area contributed by atoms with Gasteiger partial charge in [-0.15, -0.1) is 10.2 Å². The van der Waals surface area contributed by atoms with E-state index in [1.54, 1.807) is 24.3 Å². The third kappa shape index (κ3) is 7.86. The molecule has 2 heterocycles. The lowest BCUT2D eigenvalue weighted by molar-refractivity contribution is -0.121. The molecular formula is C33H37ClN6O4Si. The first kappa shape index (κ1) is 32.1. The third-order valence-corrected chi connectivity index (χ3v) is 8.80. The maximum atomic E-state index is 12.7. The fourth-order valence-corrected chi connectivity index (χ4v) is 6.65. The van der Waals surface area contributed by atoms with Gasteiger partial charge < -0.3 is 20.2 Å². The zero-order valence-electron chi connectivity index (χ0n) is 25.8. The lowest BCUT2D eigenvalue weighted by Gasteiger charge is -2.15. The average Bonchev–Trinajstić information content (AvgIpc) is 3.32. The first-order chi connectivity index (χ1) is 21.5. The SMILES string of the molecule is CCNC(=O)CC1N=C(c2ccc(Cl)cc2)c2cc(OCCNC(=O)c3ccc(C[Si](C)(C)O)cc3)ccc2-n2c(C)nnc21. The number of carbonyl (C=O) groups is 2. The van der Waals surface area contributed by atoms with Crippen molar-refractivity contribution < 1.29 is 19.1 Å². The van der Waals surface area contributed by atoms with Crippen molar-refractivity contribution in [3.05, 3.63) is 106 Å². The Morgan fingerprint density at radius 1 is 1.02 bits per heavy atom. The number of hydrogen-bond donors (Lipinski definition) is 3. The average molecular weight is 645 g/mol. The monoisotopic (exact) mass is 644 g/mol. The minimum Gasteiger partial charge on any atom is -0.492 e. The minimum absolute atomic E-state index is 0.115. The molecule has 1 aliphatic rings. The van der Waals surface area contributed by atoms with E-state index in [9.17, 15) is 14.4 Å². The van der Waals surface area contributed by atoms with Crippen molar-refractivity contribution in [2.75, 3.05) is 19.7 Å². The van der Waals surface area contributed by atoms with Crippen LogP contribution in [0.5, 0.6) is 5.75 Å². The Morgan fingerprint density at radius 3 is 2.44 bits per heavy atom. The van der Waals surface area contributed by atoms with Gasteiger partial charge in [-0.25, -0.2) is 0 Å². The van der Waals surface area contributed by atoms with Crippen molar-refractivity contribution in [2.24, 2.45) is 4.99 Å². The number of nitrogens with one attached hydrogen (secondary N) is 2. The topological polar surface area (TPSA) is 131 Å². The van der Waals surface area contributed by atoms with Gasteiger partial charge in [-0.1, -0.05) is 35.9 Å². The van der Waals surface area contributed by atoms with Crippen LogP contribution in [0.3, 0.4) is 0 Å². The molecule has 1 aliphatic heterocycles. The predicted molar refractivity (Wildman–Crippen MR) is 177 cm³/mol. The first-order valence-corrected chi connectivity index (χ1v) is 18.4. The lowest BCUT2D eigenvalue weighted by Crippen LogP contribution is -2.29. The maximum Gasteiger partial charge on any atom is 0.251 e. The Balaban J connectivity index is 1.36. The molecule has 1 unspecified atom stereocenters. The highest BCUT2D eigenvalue weighted by molar-refractivity contribution is 6.69. The Morgan fingerprint density at radius 2 is 1.76 bits per heavy atom. The van der Waals surface area contributed by atoms with E-state index in [1.807, 2.05) is 74.0 Å². The standard InChI is InChI=1S/C33H37ClN6O4Si/c1-5-35-30(41)19-28-32-39-38-21(2)40(32)29-15-14-26(18-27(29)31(37-28)23-10-12-25(34)13-11-23)44-17-16-36-33(42)24-8-6-22(7-9-24)20-45(3,4)43/h6-15,18,28,43H,5,16-17,19-20H2,1-4H3,(H,35,41)(H,36,42). The molecule has 0 saturated heterocycles. The van der Waals surface area contributed by atoms with E-state index in [2.05, 4.69) is 20.8 Å². The van der Waals surface area contributed by atoms with Gasteiger partial charge in [-0.05, 0) is 81.0 Å². The van der Waals surface area contributed by atoms with Crippen LogP contribution in [0.4, 0.5) is 0 Å². The van der Waals surface area contributed by atoms with Crippen LogP contribution in [0, 0.1) is 6.92 Å². The van der Waals surface area contributed by atoms with Gasteiger partial charge >= 0.3 is 0 Å². The van der Waals surface area contributed by atoms with E-state index >= 15 is 0 Å². The van der Waals surface area contributed by atoms with Crippen LogP contribution in [0.25, 0.3) is 5.69 Å². The molecule has 0 spiro atoms. The number of aliphatic imine (C=N–C) groups is 1. The lowest BCUT2D eigenvalue weighted by atomic mass is 10.00. The highest BCUT2D eigenvalue weighted by Crippen LogP contribution is 2.34. The molecule has 0 bridgehead atoms. The number of carbonyl (C=O) groups excluding carboxylic acids is 2. The second kappa shape index (κ2) is 13.8. The summed E-state index contributed by atoms with van der Waals surface area (Å²) in [5.41, 5.74) is 4.68. The van der Waals surface area contributed by atoms with Gasteiger partial charge in [-0.3, -0.25) is 19.1 Å². The number of aromatic nitrogens is 3. The zero-order chi connectivity index (χ0) is 32.1. The normalized spacial score (nSPS) is 14.1. The number of amides is 2. The fourth-order valence-electron chi connectivity index (χ4n) is 5.29. The predicted octanol–water partition coefficient (Wildman–Crippen LogP) is 4.74. The molecule has 4 aromatic rings. The number of fused-ring (bicyclic) bond motifs is 3. The fraction of sp³-hybridized carbons (Fsp3) is 0.303. The summed E-state index contributed by atoms with van der Waals surface area (Å²) in [5, 5.41) is 15.1. The van der Waals surface area contributed by atoms with Gasteiger partial charge in [0.15, 0.2) is 14.1 Å². The molecule has 1 atom stereocenters. The second-order valence-electron chi connectivity index (χ2n) is 11.6. The molecule has 3 N–H and O–H groups in total. The van der Waals surface area contributed by atoms with Crippen molar-refractivity contribution in [3.8, 4) is 11.4 Å². The summed E-state index contributed by atoms with van der Waals surface area (Å²) in [6.45, 7) is 8.59. The zero-order valence-corrected chi connectivity index (χ0v) is 27.6. The molecule has 3 aromatic carbocycles. The number of benzene rings is 3. The number of ether oxygens (including phenoxy) is 1. The highest BCUT2D eigenvalue weighted by atomic mass is 35.5.